The third kappa shape index (κ3) is 4.75. The number of carbonyl (C=O) groups is 2. The van der Waals surface area contributed by atoms with Gasteiger partial charge in [0.25, 0.3) is 0 Å². The predicted octanol–water partition coefficient (Wildman–Crippen LogP) is 1.74. The minimum absolute atomic E-state index is 0.000576. The van der Waals surface area contributed by atoms with Gasteiger partial charge in [0, 0.05) is 71.3 Å². The molecule has 0 N–H and O–H groups in total. The first kappa shape index (κ1) is 21.6. The molecule has 0 unspecified atom stereocenters. The van der Waals surface area contributed by atoms with Gasteiger partial charge in [-0.1, -0.05) is 6.07 Å². The quantitative estimate of drug-likeness (QED) is 0.718. The fourth-order valence-corrected chi connectivity index (χ4v) is 4.42. The number of hydrogen-bond acceptors (Lipinski definition) is 4. The van der Waals surface area contributed by atoms with Gasteiger partial charge in [0.15, 0.2) is 0 Å². The number of halogens is 2. The van der Waals surface area contributed by atoms with Crippen molar-refractivity contribution in [2.45, 2.75) is 31.5 Å². The number of amides is 2. The van der Waals surface area contributed by atoms with Crippen molar-refractivity contribution in [3.63, 3.8) is 0 Å². The van der Waals surface area contributed by atoms with Crippen molar-refractivity contribution >= 4 is 11.8 Å². The maximum Gasteiger partial charge on any atom is 0.224 e. The average Bonchev–Trinajstić information content (AvgIpc) is 3.19. The topological polar surface area (TPSA) is 53.1 Å². The molecule has 2 saturated heterocycles. The highest BCUT2D eigenvalue weighted by molar-refractivity contribution is 5.77. The number of carbonyl (C=O) groups excluding carboxylic acids is 2. The van der Waals surface area contributed by atoms with Crippen LogP contribution in [-0.2, 0) is 20.9 Å². The Morgan fingerprint density at radius 3 is 2.38 bits per heavy atom. The number of benzene rings is 1. The molecule has 0 bridgehead atoms. The van der Waals surface area contributed by atoms with Gasteiger partial charge in [0.1, 0.15) is 11.6 Å². The van der Waals surface area contributed by atoms with E-state index in [4.69, 9.17) is 4.74 Å². The summed E-state index contributed by atoms with van der Waals surface area (Å²) in [4.78, 5) is 29.8. The molecule has 2 aliphatic heterocycles. The highest BCUT2D eigenvalue weighted by atomic mass is 19.1. The number of hydrogen-bond donors (Lipinski definition) is 0. The normalized spacial score (nSPS) is 26.4. The Bertz CT molecular complexity index is 772. The molecule has 0 radical (unpaired) electrons. The van der Waals surface area contributed by atoms with Crippen LogP contribution in [0.15, 0.2) is 18.2 Å². The second kappa shape index (κ2) is 8.75. The fraction of sp³-hybridized carbons (Fsp3) is 0.619. The lowest BCUT2D eigenvalue weighted by Gasteiger charge is -2.24. The van der Waals surface area contributed by atoms with Crippen molar-refractivity contribution < 1.29 is 23.1 Å². The molecule has 2 aliphatic rings. The summed E-state index contributed by atoms with van der Waals surface area (Å²) in [5, 5.41) is 0. The van der Waals surface area contributed by atoms with Crippen LogP contribution in [0.2, 0.25) is 0 Å². The number of ether oxygens (including phenoxy) is 1. The summed E-state index contributed by atoms with van der Waals surface area (Å²) in [5.74, 6) is -1.14. The summed E-state index contributed by atoms with van der Waals surface area (Å²) in [6, 6.07) is 3.60. The van der Waals surface area contributed by atoms with E-state index >= 15 is 0 Å². The van der Waals surface area contributed by atoms with Crippen molar-refractivity contribution in [3.8, 4) is 0 Å². The van der Waals surface area contributed by atoms with Crippen LogP contribution in [0.3, 0.4) is 0 Å². The average molecular weight is 409 g/mol. The number of rotatable bonds is 6. The Labute approximate surface area is 170 Å². The molecule has 29 heavy (non-hydrogen) atoms. The summed E-state index contributed by atoms with van der Waals surface area (Å²) in [6.45, 7) is 1.37. The maximum absolute atomic E-state index is 14.2. The van der Waals surface area contributed by atoms with Gasteiger partial charge in [-0.2, -0.15) is 0 Å². The predicted molar refractivity (Wildman–Crippen MR) is 104 cm³/mol. The number of fused-ring (bicyclic) bond motifs is 1. The lowest BCUT2D eigenvalue weighted by Crippen LogP contribution is -2.35. The molecule has 0 aliphatic carbocycles. The van der Waals surface area contributed by atoms with Crippen LogP contribution in [0.4, 0.5) is 8.78 Å². The lowest BCUT2D eigenvalue weighted by atomic mass is 9.84. The van der Waals surface area contributed by atoms with Gasteiger partial charge in [0.2, 0.25) is 11.8 Å². The molecule has 3 rings (SSSR count). The summed E-state index contributed by atoms with van der Waals surface area (Å²) >= 11 is 0. The first-order valence-corrected chi connectivity index (χ1v) is 9.87. The molecule has 8 heteroatoms. The fourth-order valence-electron chi connectivity index (χ4n) is 4.42. The van der Waals surface area contributed by atoms with Gasteiger partial charge in [0.05, 0.1) is 19.1 Å². The van der Waals surface area contributed by atoms with Crippen LogP contribution >= 0.6 is 0 Å². The summed E-state index contributed by atoms with van der Waals surface area (Å²) in [6.07, 6.45) is 0.351. The van der Waals surface area contributed by atoms with Gasteiger partial charge in [-0.3, -0.25) is 14.5 Å². The lowest BCUT2D eigenvalue weighted by molar-refractivity contribution is -0.131. The van der Waals surface area contributed by atoms with Gasteiger partial charge in [-0.05, 0) is 12.0 Å². The molecule has 4 atom stereocenters. The minimum atomic E-state index is -0.605. The van der Waals surface area contributed by atoms with Crippen molar-refractivity contribution in [2.24, 2.45) is 11.8 Å². The third-order valence-electron chi connectivity index (χ3n) is 6.04. The molecule has 2 heterocycles. The van der Waals surface area contributed by atoms with E-state index in [1.807, 2.05) is 0 Å². The van der Waals surface area contributed by atoms with Gasteiger partial charge >= 0.3 is 0 Å². The first-order chi connectivity index (χ1) is 13.7. The van der Waals surface area contributed by atoms with Gasteiger partial charge in [-0.25, -0.2) is 8.78 Å². The van der Waals surface area contributed by atoms with Crippen LogP contribution < -0.4 is 0 Å². The molecule has 160 valence electrons. The second-order valence-electron chi connectivity index (χ2n) is 8.43. The molecule has 6 nitrogen and oxygen atoms in total. The molecular weight excluding hydrogens is 380 g/mol. The SMILES string of the molecule is CN(C)C(=O)C[C@@H]1CN(Cc2ccc(F)cc2F)[C@@H]2CO[C@@H](CC(=O)N(C)C)[C@H]12. The van der Waals surface area contributed by atoms with Crippen molar-refractivity contribution in [3.05, 3.63) is 35.4 Å². The maximum atomic E-state index is 14.2. The third-order valence-corrected chi connectivity index (χ3v) is 6.04. The van der Waals surface area contributed by atoms with E-state index in [0.717, 1.165) is 6.07 Å². The Hall–Kier alpha value is -2.06. The first-order valence-electron chi connectivity index (χ1n) is 9.87. The van der Waals surface area contributed by atoms with Crippen molar-refractivity contribution in [1.82, 2.24) is 14.7 Å². The molecule has 2 amide bonds. The number of likely N-dealkylation sites (tertiary alicyclic amines) is 1. The molecule has 0 spiro atoms. The van der Waals surface area contributed by atoms with E-state index in [1.165, 1.54) is 17.0 Å². The van der Waals surface area contributed by atoms with Crippen LogP contribution in [0.5, 0.6) is 0 Å². The van der Waals surface area contributed by atoms with E-state index in [-0.39, 0.29) is 42.2 Å². The van der Waals surface area contributed by atoms with E-state index in [2.05, 4.69) is 4.90 Å². The Morgan fingerprint density at radius 1 is 1.10 bits per heavy atom. The highest BCUT2D eigenvalue weighted by Crippen LogP contribution is 2.42. The monoisotopic (exact) mass is 409 g/mol. The Morgan fingerprint density at radius 2 is 1.76 bits per heavy atom. The Kier molecular flexibility index (Phi) is 6.53. The van der Waals surface area contributed by atoms with Gasteiger partial charge in [-0.15, -0.1) is 0 Å². The van der Waals surface area contributed by atoms with Crippen molar-refractivity contribution in [2.75, 3.05) is 41.3 Å². The van der Waals surface area contributed by atoms with Crippen LogP contribution in [-0.4, -0.2) is 80.0 Å². The zero-order chi connectivity index (χ0) is 21.3. The molecule has 0 aromatic heterocycles. The smallest absolute Gasteiger partial charge is 0.224 e. The van der Waals surface area contributed by atoms with Crippen LogP contribution in [0.1, 0.15) is 18.4 Å². The van der Waals surface area contributed by atoms with Crippen LogP contribution in [0.25, 0.3) is 0 Å². The Balaban J connectivity index is 1.80. The van der Waals surface area contributed by atoms with E-state index in [1.54, 1.807) is 33.1 Å². The molecular formula is C21H29F2N3O3. The minimum Gasteiger partial charge on any atom is -0.376 e. The highest BCUT2D eigenvalue weighted by Gasteiger charge is 2.51. The van der Waals surface area contributed by atoms with E-state index < -0.39 is 11.6 Å². The zero-order valence-electron chi connectivity index (χ0n) is 17.4. The second-order valence-corrected chi connectivity index (χ2v) is 8.43. The number of nitrogens with zero attached hydrogens (tertiary/aromatic N) is 3. The summed E-state index contributed by atoms with van der Waals surface area (Å²) in [7, 11) is 6.86. The molecule has 1 aromatic rings. The summed E-state index contributed by atoms with van der Waals surface area (Å²) in [5.41, 5.74) is 0.414. The molecule has 0 saturated carbocycles. The summed E-state index contributed by atoms with van der Waals surface area (Å²) < 4.78 is 33.4. The zero-order valence-corrected chi connectivity index (χ0v) is 17.4. The van der Waals surface area contributed by atoms with E-state index in [0.29, 0.717) is 31.7 Å². The molecule has 2 fully saturated rings. The van der Waals surface area contributed by atoms with Gasteiger partial charge < -0.3 is 14.5 Å². The van der Waals surface area contributed by atoms with Crippen LogP contribution in [0, 0.1) is 23.5 Å². The molecule has 1 aromatic carbocycles. The standard InChI is InChI=1S/C21H29F2N3O3/c1-24(2)19(27)7-14-11-26(10-13-5-6-15(22)8-16(13)23)17-12-29-18(21(14)17)9-20(28)25(3)4/h5-6,8,14,17-18,21H,7,9-12H2,1-4H3/t14-,17-,18+,21-/m1/s1. The van der Waals surface area contributed by atoms with E-state index in [9.17, 15) is 18.4 Å². The largest absolute Gasteiger partial charge is 0.376 e. The van der Waals surface area contributed by atoms with Crippen molar-refractivity contribution in [1.29, 1.82) is 0 Å².